The van der Waals surface area contributed by atoms with Crippen molar-refractivity contribution in [1.29, 1.82) is 0 Å². The molecule has 3 aromatic carbocycles. The monoisotopic (exact) mass is 396 g/mol. The molecule has 24 heavy (non-hydrogen) atoms. The van der Waals surface area contributed by atoms with E-state index in [2.05, 4.69) is 44.8 Å². The second-order valence-corrected chi connectivity index (χ2v) is 7.00. The van der Waals surface area contributed by atoms with Crippen molar-refractivity contribution >= 4 is 38.6 Å². The van der Waals surface area contributed by atoms with Gasteiger partial charge in [-0.15, -0.1) is 0 Å². The molecule has 0 aliphatic rings. The summed E-state index contributed by atoms with van der Waals surface area (Å²) in [4.78, 5) is 4.84. The minimum absolute atomic E-state index is 0.730. The first-order valence-electron chi connectivity index (χ1n) is 7.66. The number of imidazole rings is 1. The lowest BCUT2D eigenvalue weighted by molar-refractivity contribution is 0.834. The molecular formula is C20H14BrClN2. The zero-order chi connectivity index (χ0) is 16.5. The van der Waals surface area contributed by atoms with Crippen molar-refractivity contribution in [1.82, 2.24) is 9.55 Å². The molecule has 0 saturated carbocycles. The van der Waals surface area contributed by atoms with Gasteiger partial charge in [-0.1, -0.05) is 51.8 Å². The summed E-state index contributed by atoms with van der Waals surface area (Å²) in [5.41, 5.74) is 4.41. The minimum Gasteiger partial charge on any atom is -0.319 e. The molecule has 0 spiro atoms. The first kappa shape index (κ1) is 15.4. The molecule has 4 aromatic rings. The Kier molecular flexibility index (Phi) is 4.13. The molecule has 1 heterocycles. The Morgan fingerprint density at radius 2 is 1.71 bits per heavy atom. The van der Waals surface area contributed by atoms with Crippen LogP contribution in [-0.2, 0) is 6.54 Å². The number of fused-ring (bicyclic) bond motifs is 1. The van der Waals surface area contributed by atoms with Crippen molar-refractivity contribution in [3.05, 3.63) is 87.9 Å². The molecule has 2 nitrogen and oxygen atoms in total. The summed E-state index contributed by atoms with van der Waals surface area (Å²) in [5, 5.41) is 0.730. The zero-order valence-electron chi connectivity index (χ0n) is 12.8. The number of hydrogen-bond donors (Lipinski definition) is 0. The van der Waals surface area contributed by atoms with Gasteiger partial charge in [-0.25, -0.2) is 4.98 Å². The largest absolute Gasteiger partial charge is 0.319 e. The zero-order valence-corrected chi connectivity index (χ0v) is 15.1. The average molecular weight is 398 g/mol. The van der Waals surface area contributed by atoms with E-state index in [9.17, 15) is 0 Å². The molecule has 0 fully saturated rings. The molecule has 0 N–H and O–H groups in total. The van der Waals surface area contributed by atoms with Crippen LogP contribution in [0, 0.1) is 0 Å². The lowest BCUT2D eigenvalue weighted by Gasteiger charge is -2.10. The maximum atomic E-state index is 6.03. The normalized spacial score (nSPS) is 11.1. The highest BCUT2D eigenvalue weighted by molar-refractivity contribution is 9.10. The summed E-state index contributed by atoms with van der Waals surface area (Å²) in [6.45, 7) is 0.762. The van der Waals surface area contributed by atoms with Crippen LogP contribution in [0.3, 0.4) is 0 Å². The Bertz CT molecular complexity index is 1010. The van der Waals surface area contributed by atoms with E-state index in [1.807, 2.05) is 48.5 Å². The van der Waals surface area contributed by atoms with Gasteiger partial charge in [0, 0.05) is 21.6 Å². The Hall–Kier alpha value is -2.10. The summed E-state index contributed by atoms with van der Waals surface area (Å²) in [6, 6.07) is 24.4. The molecule has 0 saturated heterocycles. The third kappa shape index (κ3) is 2.97. The molecule has 0 unspecified atom stereocenters. The van der Waals surface area contributed by atoms with E-state index < -0.39 is 0 Å². The van der Waals surface area contributed by atoms with E-state index >= 15 is 0 Å². The van der Waals surface area contributed by atoms with Crippen LogP contribution >= 0.6 is 27.5 Å². The third-order valence-corrected chi connectivity index (χ3v) is 4.73. The van der Waals surface area contributed by atoms with E-state index in [4.69, 9.17) is 16.6 Å². The molecule has 4 rings (SSSR count). The van der Waals surface area contributed by atoms with Gasteiger partial charge in [-0.2, -0.15) is 0 Å². The summed E-state index contributed by atoms with van der Waals surface area (Å²) >= 11 is 9.58. The molecule has 0 aliphatic carbocycles. The Balaban J connectivity index is 1.88. The minimum atomic E-state index is 0.730. The predicted molar refractivity (Wildman–Crippen MR) is 103 cm³/mol. The van der Waals surface area contributed by atoms with Crippen molar-refractivity contribution in [3.63, 3.8) is 0 Å². The summed E-state index contributed by atoms with van der Waals surface area (Å²) in [6.07, 6.45) is 0. The highest BCUT2D eigenvalue weighted by atomic mass is 79.9. The molecule has 1 aromatic heterocycles. The van der Waals surface area contributed by atoms with Crippen molar-refractivity contribution < 1.29 is 0 Å². The molecular weight excluding hydrogens is 384 g/mol. The lowest BCUT2D eigenvalue weighted by Crippen LogP contribution is -2.02. The number of halogens is 2. The predicted octanol–water partition coefficient (Wildman–Crippen LogP) is 6.17. The van der Waals surface area contributed by atoms with Gasteiger partial charge < -0.3 is 4.57 Å². The van der Waals surface area contributed by atoms with Crippen LogP contribution in [0.25, 0.3) is 22.4 Å². The van der Waals surface area contributed by atoms with Crippen LogP contribution < -0.4 is 0 Å². The number of rotatable bonds is 3. The number of benzene rings is 3. The maximum absolute atomic E-state index is 6.03. The molecule has 0 bridgehead atoms. The van der Waals surface area contributed by atoms with Gasteiger partial charge in [0.1, 0.15) is 5.82 Å². The Labute approximate surface area is 153 Å². The topological polar surface area (TPSA) is 17.8 Å². The average Bonchev–Trinajstić information content (AvgIpc) is 2.94. The van der Waals surface area contributed by atoms with Gasteiger partial charge >= 0.3 is 0 Å². The highest BCUT2D eigenvalue weighted by Gasteiger charge is 2.12. The summed E-state index contributed by atoms with van der Waals surface area (Å²) in [5.74, 6) is 0.952. The number of nitrogens with zero attached hydrogens (tertiary/aromatic N) is 2. The smallest absolute Gasteiger partial charge is 0.141 e. The summed E-state index contributed by atoms with van der Waals surface area (Å²) < 4.78 is 3.33. The van der Waals surface area contributed by atoms with E-state index in [1.54, 1.807) is 0 Å². The van der Waals surface area contributed by atoms with Gasteiger partial charge in [0.15, 0.2) is 0 Å². The van der Waals surface area contributed by atoms with Gasteiger partial charge in [-0.05, 0) is 54.1 Å². The van der Waals surface area contributed by atoms with Crippen LogP contribution in [0.15, 0.2) is 77.3 Å². The fourth-order valence-electron chi connectivity index (χ4n) is 2.87. The molecule has 0 atom stereocenters. The number of hydrogen-bond acceptors (Lipinski definition) is 1. The van der Waals surface area contributed by atoms with Gasteiger partial charge in [0.05, 0.1) is 11.0 Å². The van der Waals surface area contributed by atoms with Crippen LogP contribution in [0.2, 0.25) is 5.02 Å². The van der Waals surface area contributed by atoms with Gasteiger partial charge in [0.2, 0.25) is 0 Å². The van der Waals surface area contributed by atoms with E-state index in [-0.39, 0.29) is 0 Å². The Morgan fingerprint density at radius 1 is 0.917 bits per heavy atom. The van der Waals surface area contributed by atoms with Gasteiger partial charge in [-0.3, -0.25) is 0 Å². The van der Waals surface area contributed by atoms with Crippen LogP contribution in [0.4, 0.5) is 0 Å². The van der Waals surface area contributed by atoms with Crippen LogP contribution in [-0.4, -0.2) is 9.55 Å². The molecule has 0 radical (unpaired) electrons. The SMILES string of the molecule is Clc1ccc(-c2nc3ccccc3n2Cc2cccc(Br)c2)cc1. The quantitative estimate of drug-likeness (QED) is 0.404. The molecule has 118 valence electrons. The summed E-state index contributed by atoms with van der Waals surface area (Å²) in [7, 11) is 0. The van der Waals surface area contributed by atoms with Crippen molar-refractivity contribution in [2.45, 2.75) is 6.54 Å². The molecule has 4 heteroatoms. The maximum Gasteiger partial charge on any atom is 0.141 e. The standard InChI is InChI=1S/C20H14BrClN2/c21-16-5-3-4-14(12-16)13-24-19-7-2-1-6-18(19)23-20(24)15-8-10-17(22)11-9-15/h1-12H,13H2. The van der Waals surface area contributed by atoms with Crippen LogP contribution in [0.5, 0.6) is 0 Å². The lowest BCUT2D eigenvalue weighted by atomic mass is 10.2. The fourth-order valence-corrected chi connectivity index (χ4v) is 3.45. The fraction of sp³-hybridized carbons (Fsp3) is 0.0500. The number of aromatic nitrogens is 2. The van der Waals surface area contributed by atoms with Gasteiger partial charge in [0.25, 0.3) is 0 Å². The first-order valence-corrected chi connectivity index (χ1v) is 8.83. The van der Waals surface area contributed by atoms with Crippen molar-refractivity contribution in [3.8, 4) is 11.4 Å². The first-order chi connectivity index (χ1) is 11.7. The van der Waals surface area contributed by atoms with Crippen molar-refractivity contribution in [2.75, 3.05) is 0 Å². The molecule has 0 aliphatic heterocycles. The van der Waals surface area contributed by atoms with Crippen molar-refractivity contribution in [2.24, 2.45) is 0 Å². The second kappa shape index (κ2) is 6.42. The Morgan fingerprint density at radius 3 is 2.50 bits per heavy atom. The molecule has 0 amide bonds. The highest BCUT2D eigenvalue weighted by Crippen LogP contribution is 2.27. The van der Waals surface area contributed by atoms with Crippen LogP contribution in [0.1, 0.15) is 5.56 Å². The van der Waals surface area contributed by atoms with E-state index in [1.165, 1.54) is 5.56 Å². The van der Waals surface area contributed by atoms with E-state index in [0.717, 1.165) is 38.5 Å². The third-order valence-electron chi connectivity index (χ3n) is 3.99. The number of para-hydroxylation sites is 2. The second-order valence-electron chi connectivity index (χ2n) is 5.65. The van der Waals surface area contributed by atoms with E-state index in [0.29, 0.717) is 0 Å².